The highest BCUT2D eigenvalue weighted by molar-refractivity contribution is 6.02. The molecule has 0 aliphatic rings. The van der Waals surface area contributed by atoms with Crippen molar-refractivity contribution in [2.75, 3.05) is 0 Å². The molecule has 0 unspecified atom stereocenters. The van der Waals surface area contributed by atoms with Gasteiger partial charge in [0.25, 0.3) is 5.91 Å². The summed E-state index contributed by atoms with van der Waals surface area (Å²) in [6.07, 6.45) is -0.828. The molecule has 0 fully saturated rings. The van der Waals surface area contributed by atoms with Gasteiger partial charge in [0.2, 0.25) is 0 Å². The Bertz CT molecular complexity index is 740. The Balaban J connectivity index is 1.96. The minimum Gasteiger partial charge on any atom is -0.430 e. The number of amides is 2. The van der Waals surface area contributed by atoms with Crippen molar-refractivity contribution in [2.24, 2.45) is 0 Å². The van der Waals surface area contributed by atoms with Crippen LogP contribution in [0.15, 0.2) is 60.7 Å². The topological polar surface area (TPSA) is 55.4 Å². The van der Waals surface area contributed by atoms with E-state index < -0.39 is 17.6 Å². The summed E-state index contributed by atoms with van der Waals surface area (Å²) in [5.41, 5.74) is 0.194. The molecule has 2 aromatic rings. The number of carbonyl (C=O) groups excluding carboxylic acids is 2. The molecule has 23 heavy (non-hydrogen) atoms. The number of ether oxygens (including phenoxy) is 1. The summed E-state index contributed by atoms with van der Waals surface area (Å²) >= 11 is 0. The zero-order valence-electron chi connectivity index (χ0n) is 13.0. The van der Waals surface area contributed by atoms with Crippen LogP contribution in [0.25, 0.3) is 0 Å². The van der Waals surface area contributed by atoms with Gasteiger partial charge in [-0.2, -0.15) is 0 Å². The lowest BCUT2D eigenvalue weighted by Gasteiger charge is -2.18. The molecule has 2 aromatic carbocycles. The van der Waals surface area contributed by atoms with E-state index in [1.807, 2.05) is 30.3 Å². The summed E-state index contributed by atoms with van der Waals surface area (Å²) < 4.78 is 5.21. The molecule has 0 saturated heterocycles. The van der Waals surface area contributed by atoms with Gasteiger partial charge in [0.05, 0.1) is 0 Å². The van der Waals surface area contributed by atoms with E-state index in [4.69, 9.17) is 4.74 Å². The fourth-order valence-electron chi connectivity index (χ4n) is 1.78. The number of hydrogen-bond donors (Lipinski definition) is 1. The molecule has 0 saturated carbocycles. The van der Waals surface area contributed by atoms with Gasteiger partial charge in [-0.1, -0.05) is 48.2 Å². The molecule has 4 heteroatoms. The van der Waals surface area contributed by atoms with Crippen LogP contribution in [0, 0.1) is 11.8 Å². The Labute approximate surface area is 135 Å². The summed E-state index contributed by atoms with van der Waals surface area (Å²) in [7, 11) is 0. The summed E-state index contributed by atoms with van der Waals surface area (Å²) in [6, 6.07) is 17.8. The molecule has 116 valence electrons. The van der Waals surface area contributed by atoms with Crippen molar-refractivity contribution in [3.05, 3.63) is 71.8 Å². The van der Waals surface area contributed by atoms with E-state index in [1.54, 1.807) is 44.2 Å². The first-order valence-corrected chi connectivity index (χ1v) is 7.14. The summed E-state index contributed by atoms with van der Waals surface area (Å²) in [6.45, 7) is 3.32. The second-order valence-electron chi connectivity index (χ2n) is 5.34. The normalized spacial score (nSPS) is 10.2. The minimum absolute atomic E-state index is 0.387. The first kappa shape index (κ1) is 16.3. The number of benzene rings is 2. The van der Waals surface area contributed by atoms with Gasteiger partial charge in [-0.3, -0.25) is 10.1 Å². The fourth-order valence-corrected chi connectivity index (χ4v) is 1.78. The molecule has 0 atom stereocenters. The number of hydrogen-bond acceptors (Lipinski definition) is 3. The van der Waals surface area contributed by atoms with Crippen molar-refractivity contribution >= 4 is 12.0 Å². The van der Waals surface area contributed by atoms with E-state index in [9.17, 15) is 9.59 Å². The lowest BCUT2D eigenvalue weighted by Crippen LogP contribution is -2.37. The van der Waals surface area contributed by atoms with Gasteiger partial charge in [0.15, 0.2) is 5.60 Å². The molecule has 2 rings (SSSR count). The third-order valence-corrected chi connectivity index (χ3v) is 2.88. The van der Waals surface area contributed by atoms with Gasteiger partial charge in [0.1, 0.15) is 0 Å². The van der Waals surface area contributed by atoms with E-state index in [1.165, 1.54) is 0 Å². The molecule has 0 bridgehead atoms. The summed E-state index contributed by atoms with van der Waals surface area (Å²) in [4.78, 5) is 23.7. The number of carbonyl (C=O) groups is 2. The Kier molecular flexibility index (Phi) is 5.16. The predicted octanol–water partition coefficient (Wildman–Crippen LogP) is 3.38. The Hall–Kier alpha value is -3.06. The zero-order valence-corrected chi connectivity index (χ0v) is 13.0. The molecule has 0 aromatic heterocycles. The van der Waals surface area contributed by atoms with Gasteiger partial charge in [-0.05, 0) is 38.1 Å². The number of rotatable bonds is 2. The molecule has 1 N–H and O–H groups in total. The van der Waals surface area contributed by atoms with Crippen molar-refractivity contribution in [1.82, 2.24) is 5.32 Å². The molecule has 0 radical (unpaired) electrons. The maximum atomic E-state index is 11.9. The molecular formula is C19H17NO3. The standard InChI is InChI=1S/C19H17NO3/c1-19(2,14-13-15-9-5-3-6-10-15)23-18(22)20-17(21)16-11-7-4-8-12-16/h3-12H,1-2H3,(H,20,21,22). The van der Waals surface area contributed by atoms with Gasteiger partial charge in [-0.25, -0.2) is 4.79 Å². The number of nitrogens with one attached hydrogen (secondary N) is 1. The highest BCUT2D eigenvalue weighted by Gasteiger charge is 2.21. The fraction of sp³-hybridized carbons (Fsp3) is 0.158. The van der Waals surface area contributed by atoms with Crippen molar-refractivity contribution in [3.63, 3.8) is 0 Å². The van der Waals surface area contributed by atoms with Gasteiger partial charge < -0.3 is 4.74 Å². The lowest BCUT2D eigenvalue weighted by atomic mass is 10.1. The van der Waals surface area contributed by atoms with Crippen LogP contribution in [0.4, 0.5) is 4.79 Å². The van der Waals surface area contributed by atoms with Crippen LogP contribution in [-0.4, -0.2) is 17.6 Å². The van der Waals surface area contributed by atoms with Gasteiger partial charge in [-0.15, -0.1) is 0 Å². The molecule has 0 aliphatic carbocycles. The van der Waals surface area contributed by atoms with Crippen LogP contribution in [0.1, 0.15) is 29.8 Å². The Morgan fingerprint density at radius 3 is 2.13 bits per heavy atom. The predicted molar refractivity (Wildman–Crippen MR) is 87.8 cm³/mol. The van der Waals surface area contributed by atoms with Crippen LogP contribution in [0.5, 0.6) is 0 Å². The van der Waals surface area contributed by atoms with E-state index >= 15 is 0 Å². The Morgan fingerprint density at radius 1 is 0.957 bits per heavy atom. The lowest BCUT2D eigenvalue weighted by molar-refractivity contribution is 0.0712. The highest BCUT2D eigenvalue weighted by atomic mass is 16.6. The van der Waals surface area contributed by atoms with Crippen molar-refractivity contribution in [1.29, 1.82) is 0 Å². The maximum Gasteiger partial charge on any atom is 0.415 e. The smallest absolute Gasteiger partial charge is 0.415 e. The van der Waals surface area contributed by atoms with E-state index in [0.29, 0.717) is 5.56 Å². The van der Waals surface area contributed by atoms with Crippen molar-refractivity contribution < 1.29 is 14.3 Å². The SMILES string of the molecule is CC(C)(C#Cc1ccccc1)OC(=O)NC(=O)c1ccccc1. The molecule has 0 spiro atoms. The second kappa shape index (κ2) is 7.28. The van der Waals surface area contributed by atoms with Crippen molar-refractivity contribution in [2.45, 2.75) is 19.4 Å². The van der Waals surface area contributed by atoms with E-state index in [2.05, 4.69) is 17.2 Å². The molecule has 4 nitrogen and oxygen atoms in total. The zero-order chi connectivity index (χ0) is 16.7. The van der Waals surface area contributed by atoms with Crippen LogP contribution in [0.3, 0.4) is 0 Å². The van der Waals surface area contributed by atoms with Gasteiger partial charge in [0, 0.05) is 11.1 Å². The van der Waals surface area contributed by atoms with Gasteiger partial charge >= 0.3 is 6.09 Å². The van der Waals surface area contributed by atoms with Crippen molar-refractivity contribution in [3.8, 4) is 11.8 Å². The van der Waals surface area contributed by atoms with E-state index in [0.717, 1.165) is 5.56 Å². The number of imide groups is 1. The molecule has 0 aliphatic heterocycles. The van der Waals surface area contributed by atoms with Crippen LogP contribution >= 0.6 is 0 Å². The average Bonchev–Trinajstić information content (AvgIpc) is 2.54. The van der Waals surface area contributed by atoms with Crippen LogP contribution < -0.4 is 5.32 Å². The van der Waals surface area contributed by atoms with Crippen LogP contribution in [-0.2, 0) is 4.74 Å². The third kappa shape index (κ3) is 5.33. The minimum atomic E-state index is -1.02. The third-order valence-electron chi connectivity index (χ3n) is 2.88. The second-order valence-corrected chi connectivity index (χ2v) is 5.34. The quantitative estimate of drug-likeness (QED) is 0.865. The molecule has 0 heterocycles. The first-order valence-electron chi connectivity index (χ1n) is 7.14. The highest BCUT2D eigenvalue weighted by Crippen LogP contribution is 2.09. The maximum absolute atomic E-state index is 11.9. The van der Waals surface area contributed by atoms with E-state index in [-0.39, 0.29) is 0 Å². The molecule has 2 amide bonds. The average molecular weight is 307 g/mol. The summed E-state index contributed by atoms with van der Waals surface area (Å²) in [5.74, 6) is 5.30. The van der Waals surface area contributed by atoms with Crippen LogP contribution in [0.2, 0.25) is 0 Å². The Morgan fingerprint density at radius 2 is 1.52 bits per heavy atom. The number of alkyl carbamates (subject to hydrolysis) is 1. The first-order chi connectivity index (χ1) is 11.0. The summed E-state index contributed by atoms with van der Waals surface area (Å²) in [5, 5.41) is 2.18. The molecular weight excluding hydrogens is 290 g/mol. The largest absolute Gasteiger partial charge is 0.430 e. The monoisotopic (exact) mass is 307 g/mol.